The van der Waals surface area contributed by atoms with Crippen LogP contribution in [-0.4, -0.2) is 22.2 Å². The second-order valence-electron chi connectivity index (χ2n) is 4.49. The SMILES string of the molecule is COCc1noc(-c2ccc(C)nc2C(C)C)n1. The Morgan fingerprint density at radius 1 is 1.28 bits per heavy atom. The fraction of sp³-hybridized carbons (Fsp3) is 0.462. The summed E-state index contributed by atoms with van der Waals surface area (Å²) >= 11 is 0. The first kappa shape index (κ1) is 12.7. The number of aromatic nitrogens is 3. The topological polar surface area (TPSA) is 61.0 Å². The van der Waals surface area contributed by atoms with E-state index in [-0.39, 0.29) is 0 Å². The molecule has 0 aliphatic rings. The van der Waals surface area contributed by atoms with Crippen molar-refractivity contribution in [2.45, 2.75) is 33.3 Å². The van der Waals surface area contributed by atoms with Crippen molar-refractivity contribution in [1.82, 2.24) is 15.1 Å². The van der Waals surface area contributed by atoms with Crippen molar-refractivity contribution in [3.05, 3.63) is 29.3 Å². The lowest BCUT2D eigenvalue weighted by molar-refractivity contribution is 0.174. The van der Waals surface area contributed by atoms with Crippen LogP contribution in [0.25, 0.3) is 11.5 Å². The quantitative estimate of drug-likeness (QED) is 0.831. The lowest BCUT2D eigenvalue weighted by Gasteiger charge is -2.09. The van der Waals surface area contributed by atoms with Crippen LogP contribution in [0, 0.1) is 6.92 Å². The Morgan fingerprint density at radius 2 is 2.06 bits per heavy atom. The maximum absolute atomic E-state index is 5.25. The van der Waals surface area contributed by atoms with E-state index in [9.17, 15) is 0 Å². The molecule has 2 aromatic heterocycles. The molecule has 0 bridgehead atoms. The number of aryl methyl sites for hydroxylation is 1. The molecule has 0 spiro atoms. The van der Waals surface area contributed by atoms with E-state index in [2.05, 4.69) is 29.0 Å². The Hall–Kier alpha value is -1.75. The van der Waals surface area contributed by atoms with E-state index in [0.29, 0.717) is 24.2 Å². The van der Waals surface area contributed by atoms with E-state index < -0.39 is 0 Å². The van der Waals surface area contributed by atoms with E-state index in [4.69, 9.17) is 9.26 Å². The van der Waals surface area contributed by atoms with Gasteiger partial charge in [0.25, 0.3) is 5.89 Å². The maximum atomic E-state index is 5.25. The van der Waals surface area contributed by atoms with Gasteiger partial charge in [-0.15, -0.1) is 0 Å². The summed E-state index contributed by atoms with van der Waals surface area (Å²) in [6.07, 6.45) is 0. The minimum Gasteiger partial charge on any atom is -0.377 e. The van der Waals surface area contributed by atoms with Crippen molar-refractivity contribution in [3.63, 3.8) is 0 Å². The van der Waals surface area contributed by atoms with Crippen molar-refractivity contribution < 1.29 is 9.26 Å². The summed E-state index contributed by atoms with van der Waals surface area (Å²) in [7, 11) is 1.60. The van der Waals surface area contributed by atoms with Crippen LogP contribution in [0.5, 0.6) is 0 Å². The molecule has 0 fully saturated rings. The molecular weight excluding hydrogens is 230 g/mol. The molecule has 2 aromatic rings. The number of ether oxygens (including phenoxy) is 1. The van der Waals surface area contributed by atoms with Gasteiger partial charge < -0.3 is 9.26 Å². The van der Waals surface area contributed by atoms with E-state index in [1.807, 2.05) is 19.1 Å². The number of pyridine rings is 1. The van der Waals surface area contributed by atoms with Crippen LogP contribution in [0.1, 0.15) is 37.0 Å². The molecule has 0 unspecified atom stereocenters. The zero-order valence-corrected chi connectivity index (χ0v) is 11.1. The number of nitrogens with zero attached hydrogens (tertiary/aromatic N) is 3. The van der Waals surface area contributed by atoms with Crippen LogP contribution in [-0.2, 0) is 11.3 Å². The van der Waals surface area contributed by atoms with Crippen LogP contribution in [0.4, 0.5) is 0 Å². The van der Waals surface area contributed by atoms with Crippen molar-refractivity contribution in [2.75, 3.05) is 7.11 Å². The summed E-state index contributed by atoms with van der Waals surface area (Å²) in [5.41, 5.74) is 2.85. The van der Waals surface area contributed by atoms with Gasteiger partial charge in [-0.2, -0.15) is 4.98 Å². The summed E-state index contributed by atoms with van der Waals surface area (Å²) in [6, 6.07) is 3.92. The fourth-order valence-corrected chi connectivity index (χ4v) is 1.75. The Bertz CT molecular complexity index is 535. The summed E-state index contributed by atoms with van der Waals surface area (Å²) in [4.78, 5) is 8.85. The molecule has 0 N–H and O–H groups in total. The zero-order valence-electron chi connectivity index (χ0n) is 11.1. The van der Waals surface area contributed by atoms with Crippen molar-refractivity contribution in [1.29, 1.82) is 0 Å². The van der Waals surface area contributed by atoms with E-state index in [0.717, 1.165) is 17.0 Å². The van der Waals surface area contributed by atoms with Crippen LogP contribution >= 0.6 is 0 Å². The fourth-order valence-electron chi connectivity index (χ4n) is 1.75. The third-order valence-corrected chi connectivity index (χ3v) is 2.58. The first-order valence-corrected chi connectivity index (χ1v) is 5.91. The first-order valence-electron chi connectivity index (χ1n) is 5.91. The maximum Gasteiger partial charge on any atom is 0.259 e. The smallest absolute Gasteiger partial charge is 0.259 e. The van der Waals surface area contributed by atoms with Gasteiger partial charge in [-0.3, -0.25) is 4.98 Å². The molecule has 96 valence electrons. The third-order valence-electron chi connectivity index (χ3n) is 2.58. The highest BCUT2D eigenvalue weighted by atomic mass is 16.5. The molecule has 0 aromatic carbocycles. The number of methoxy groups -OCH3 is 1. The predicted molar refractivity (Wildman–Crippen MR) is 67.1 cm³/mol. The normalized spacial score (nSPS) is 11.2. The first-order chi connectivity index (χ1) is 8.61. The van der Waals surface area contributed by atoms with E-state index >= 15 is 0 Å². The highest BCUT2D eigenvalue weighted by molar-refractivity contribution is 5.57. The predicted octanol–water partition coefficient (Wildman–Crippen LogP) is 2.71. The molecule has 0 amide bonds. The second kappa shape index (κ2) is 5.27. The lowest BCUT2D eigenvalue weighted by Crippen LogP contribution is -1.99. The van der Waals surface area contributed by atoms with Crippen molar-refractivity contribution in [2.24, 2.45) is 0 Å². The van der Waals surface area contributed by atoms with Crippen LogP contribution in [0.2, 0.25) is 0 Å². The molecule has 0 saturated heterocycles. The highest BCUT2D eigenvalue weighted by Crippen LogP contribution is 2.26. The number of hydrogen-bond donors (Lipinski definition) is 0. The van der Waals surface area contributed by atoms with Crippen LogP contribution in [0.15, 0.2) is 16.7 Å². The minimum atomic E-state index is 0.303. The van der Waals surface area contributed by atoms with Gasteiger partial charge in [0, 0.05) is 12.8 Å². The Kier molecular flexibility index (Phi) is 3.72. The average Bonchev–Trinajstić information content (AvgIpc) is 2.78. The minimum absolute atomic E-state index is 0.303. The molecule has 0 atom stereocenters. The van der Waals surface area contributed by atoms with E-state index in [1.54, 1.807) is 7.11 Å². The lowest BCUT2D eigenvalue weighted by atomic mass is 10.0. The van der Waals surface area contributed by atoms with Gasteiger partial charge in [0.1, 0.15) is 6.61 Å². The van der Waals surface area contributed by atoms with Gasteiger partial charge in [-0.1, -0.05) is 19.0 Å². The van der Waals surface area contributed by atoms with Crippen LogP contribution in [0.3, 0.4) is 0 Å². The molecule has 2 rings (SSSR count). The standard InChI is InChI=1S/C13H17N3O2/c1-8(2)12-10(6-5-9(3)14-12)13-15-11(7-17-4)16-18-13/h5-6,8H,7H2,1-4H3. The highest BCUT2D eigenvalue weighted by Gasteiger charge is 2.16. The molecule has 18 heavy (non-hydrogen) atoms. The van der Waals surface area contributed by atoms with Crippen molar-refractivity contribution in [3.8, 4) is 11.5 Å². The molecular formula is C13H17N3O2. The van der Waals surface area contributed by atoms with Crippen molar-refractivity contribution >= 4 is 0 Å². The molecule has 5 heteroatoms. The Labute approximate surface area is 106 Å². The largest absolute Gasteiger partial charge is 0.377 e. The second-order valence-corrected chi connectivity index (χ2v) is 4.49. The van der Waals surface area contributed by atoms with Gasteiger partial charge in [0.2, 0.25) is 0 Å². The van der Waals surface area contributed by atoms with Gasteiger partial charge in [-0.25, -0.2) is 0 Å². The molecule has 0 aliphatic carbocycles. The molecule has 0 radical (unpaired) electrons. The summed E-state index contributed by atoms with van der Waals surface area (Å²) in [5.74, 6) is 1.35. The molecule has 0 aliphatic heterocycles. The van der Waals surface area contributed by atoms with Gasteiger partial charge >= 0.3 is 0 Å². The number of rotatable bonds is 4. The van der Waals surface area contributed by atoms with Crippen LogP contribution < -0.4 is 0 Å². The zero-order chi connectivity index (χ0) is 13.1. The Morgan fingerprint density at radius 3 is 2.72 bits per heavy atom. The Balaban J connectivity index is 2.42. The summed E-state index contributed by atoms with van der Waals surface area (Å²) in [5, 5.41) is 3.87. The van der Waals surface area contributed by atoms with Gasteiger partial charge in [-0.05, 0) is 25.0 Å². The van der Waals surface area contributed by atoms with Gasteiger partial charge in [0.05, 0.1) is 11.3 Å². The molecule has 5 nitrogen and oxygen atoms in total. The average molecular weight is 247 g/mol. The van der Waals surface area contributed by atoms with E-state index in [1.165, 1.54) is 0 Å². The van der Waals surface area contributed by atoms with Gasteiger partial charge in [0.15, 0.2) is 5.82 Å². The summed E-state index contributed by atoms with van der Waals surface area (Å²) < 4.78 is 10.2. The monoisotopic (exact) mass is 247 g/mol. The summed E-state index contributed by atoms with van der Waals surface area (Å²) in [6.45, 7) is 6.51. The third kappa shape index (κ3) is 2.56. The molecule has 0 saturated carbocycles. The molecule has 2 heterocycles. The number of hydrogen-bond acceptors (Lipinski definition) is 5.